The topological polar surface area (TPSA) is 76.5 Å². The Balaban J connectivity index is 1.97. The summed E-state index contributed by atoms with van der Waals surface area (Å²) in [6, 6.07) is 8.70. The predicted molar refractivity (Wildman–Crippen MR) is 91.7 cm³/mol. The Morgan fingerprint density at radius 2 is 1.83 bits per heavy atom. The highest BCUT2D eigenvalue weighted by atomic mass is 79.9. The Bertz CT molecular complexity index is 871. The van der Waals surface area contributed by atoms with Crippen LogP contribution in [0.5, 0.6) is 17.2 Å². The largest absolute Gasteiger partial charge is 0.507 e. The third-order valence-corrected chi connectivity index (χ3v) is 3.92. The van der Waals surface area contributed by atoms with Gasteiger partial charge in [0.05, 0.1) is 24.2 Å². The summed E-state index contributed by atoms with van der Waals surface area (Å²) in [5, 5.41) is 13.5. The monoisotopic (exact) mass is 375 g/mol. The molecule has 0 saturated carbocycles. The molecule has 0 bridgehead atoms. The average Bonchev–Trinajstić information content (AvgIpc) is 2.56. The zero-order chi connectivity index (χ0) is 16.4. The molecule has 23 heavy (non-hydrogen) atoms. The molecular formula is C16H14BrN3O3. The predicted octanol–water partition coefficient (Wildman–Crippen LogP) is 3.86. The number of methoxy groups -OCH3 is 2. The van der Waals surface area contributed by atoms with Gasteiger partial charge in [0.1, 0.15) is 5.75 Å². The van der Waals surface area contributed by atoms with Gasteiger partial charge in [0.15, 0.2) is 11.5 Å². The van der Waals surface area contributed by atoms with E-state index < -0.39 is 0 Å². The maximum atomic E-state index is 9.53. The quantitative estimate of drug-likeness (QED) is 0.674. The van der Waals surface area contributed by atoms with Crippen LogP contribution < -0.4 is 14.8 Å². The van der Waals surface area contributed by atoms with Crippen LogP contribution >= 0.6 is 15.9 Å². The first-order valence-corrected chi connectivity index (χ1v) is 7.54. The number of aromatic hydroxyl groups is 1. The van der Waals surface area contributed by atoms with E-state index in [0.717, 1.165) is 16.6 Å². The zero-order valence-electron chi connectivity index (χ0n) is 12.5. The smallest absolute Gasteiger partial charge is 0.227 e. The van der Waals surface area contributed by atoms with E-state index in [-0.39, 0.29) is 5.75 Å². The minimum Gasteiger partial charge on any atom is -0.507 e. The number of aromatic nitrogens is 2. The summed E-state index contributed by atoms with van der Waals surface area (Å²) in [7, 11) is 3.17. The Morgan fingerprint density at radius 3 is 2.52 bits per heavy atom. The summed E-state index contributed by atoms with van der Waals surface area (Å²) in [6.07, 6.45) is 1.71. The normalized spacial score (nSPS) is 10.6. The van der Waals surface area contributed by atoms with Crippen LogP contribution in [0, 0.1) is 0 Å². The standard InChI is InChI=1S/C16H14BrN3O3/c1-22-14-5-9-8-18-16(20-12(9)7-15(14)23-2)19-10-3-4-13(21)11(17)6-10/h3-8,21H,1-2H3,(H,18,19,20). The molecule has 1 aromatic heterocycles. The third kappa shape index (κ3) is 3.14. The molecule has 0 spiro atoms. The van der Waals surface area contributed by atoms with Crippen LogP contribution in [0.25, 0.3) is 10.9 Å². The maximum absolute atomic E-state index is 9.53. The van der Waals surface area contributed by atoms with Gasteiger partial charge in [0.2, 0.25) is 5.95 Å². The zero-order valence-corrected chi connectivity index (χ0v) is 14.1. The Hall–Kier alpha value is -2.54. The first-order valence-electron chi connectivity index (χ1n) is 6.75. The number of nitrogens with zero attached hydrogens (tertiary/aromatic N) is 2. The number of nitrogens with one attached hydrogen (secondary N) is 1. The number of fused-ring (bicyclic) bond motifs is 1. The minimum absolute atomic E-state index is 0.173. The Labute approximate surface area is 141 Å². The lowest BCUT2D eigenvalue weighted by molar-refractivity contribution is 0.356. The van der Waals surface area contributed by atoms with Crippen molar-refractivity contribution in [2.45, 2.75) is 0 Å². The lowest BCUT2D eigenvalue weighted by atomic mass is 10.2. The number of benzene rings is 2. The van der Waals surface area contributed by atoms with Gasteiger partial charge in [-0.05, 0) is 40.2 Å². The molecule has 0 unspecified atom stereocenters. The summed E-state index contributed by atoms with van der Waals surface area (Å²) in [6.45, 7) is 0. The first-order chi connectivity index (χ1) is 11.1. The maximum Gasteiger partial charge on any atom is 0.227 e. The molecule has 0 aliphatic rings. The molecule has 3 rings (SSSR count). The van der Waals surface area contributed by atoms with Crippen LogP contribution in [0.4, 0.5) is 11.6 Å². The molecule has 0 aliphatic carbocycles. The molecule has 118 valence electrons. The van der Waals surface area contributed by atoms with E-state index in [1.807, 2.05) is 6.07 Å². The molecule has 2 N–H and O–H groups in total. The van der Waals surface area contributed by atoms with Gasteiger partial charge in [0.25, 0.3) is 0 Å². The SMILES string of the molecule is COc1cc2cnc(Nc3ccc(O)c(Br)c3)nc2cc1OC. The van der Waals surface area contributed by atoms with Crippen LogP contribution in [0.1, 0.15) is 0 Å². The number of halogens is 1. The fraction of sp³-hybridized carbons (Fsp3) is 0.125. The van der Waals surface area contributed by atoms with Crippen molar-refractivity contribution in [2.75, 3.05) is 19.5 Å². The summed E-state index contributed by atoms with van der Waals surface area (Å²) >= 11 is 3.27. The van der Waals surface area contributed by atoms with Crippen molar-refractivity contribution in [2.24, 2.45) is 0 Å². The van der Waals surface area contributed by atoms with Gasteiger partial charge in [-0.25, -0.2) is 9.97 Å². The van der Waals surface area contributed by atoms with Gasteiger partial charge in [0, 0.05) is 23.3 Å². The van der Waals surface area contributed by atoms with Gasteiger partial charge in [-0.3, -0.25) is 0 Å². The average molecular weight is 376 g/mol. The Kier molecular flexibility index (Phi) is 4.20. The lowest BCUT2D eigenvalue weighted by Crippen LogP contribution is -1.98. The highest BCUT2D eigenvalue weighted by molar-refractivity contribution is 9.10. The summed E-state index contributed by atoms with van der Waals surface area (Å²) in [5.41, 5.74) is 1.49. The van der Waals surface area contributed by atoms with Crippen molar-refractivity contribution < 1.29 is 14.6 Å². The van der Waals surface area contributed by atoms with Gasteiger partial charge in [-0.1, -0.05) is 0 Å². The van der Waals surface area contributed by atoms with E-state index in [1.54, 1.807) is 44.7 Å². The van der Waals surface area contributed by atoms with Crippen molar-refractivity contribution in [1.29, 1.82) is 0 Å². The van der Waals surface area contributed by atoms with Crippen molar-refractivity contribution in [3.63, 3.8) is 0 Å². The number of rotatable bonds is 4. The number of hydrogen-bond acceptors (Lipinski definition) is 6. The van der Waals surface area contributed by atoms with Gasteiger partial charge in [-0.2, -0.15) is 0 Å². The number of anilines is 2. The van der Waals surface area contributed by atoms with E-state index in [9.17, 15) is 5.11 Å². The van der Waals surface area contributed by atoms with E-state index in [4.69, 9.17) is 9.47 Å². The second-order valence-electron chi connectivity index (χ2n) is 4.75. The van der Waals surface area contributed by atoms with E-state index >= 15 is 0 Å². The number of phenolic OH excluding ortho intramolecular Hbond substituents is 1. The van der Waals surface area contributed by atoms with Gasteiger partial charge < -0.3 is 19.9 Å². The van der Waals surface area contributed by atoms with Crippen molar-refractivity contribution in [3.8, 4) is 17.2 Å². The highest BCUT2D eigenvalue weighted by Gasteiger charge is 2.09. The van der Waals surface area contributed by atoms with E-state index in [1.165, 1.54) is 0 Å². The van der Waals surface area contributed by atoms with Crippen molar-refractivity contribution in [1.82, 2.24) is 9.97 Å². The molecule has 0 fully saturated rings. The molecule has 2 aromatic carbocycles. The van der Waals surface area contributed by atoms with Crippen LogP contribution in [0.2, 0.25) is 0 Å². The highest BCUT2D eigenvalue weighted by Crippen LogP contribution is 2.32. The number of phenols is 1. The molecule has 0 aliphatic heterocycles. The molecule has 0 radical (unpaired) electrons. The second kappa shape index (κ2) is 6.29. The first kappa shape index (κ1) is 15.4. The van der Waals surface area contributed by atoms with E-state index in [0.29, 0.717) is 21.9 Å². The fourth-order valence-corrected chi connectivity index (χ4v) is 2.51. The lowest BCUT2D eigenvalue weighted by Gasteiger charge is -2.10. The summed E-state index contributed by atoms with van der Waals surface area (Å²) < 4.78 is 11.2. The van der Waals surface area contributed by atoms with Crippen LogP contribution in [0.3, 0.4) is 0 Å². The molecule has 1 heterocycles. The van der Waals surface area contributed by atoms with Gasteiger partial charge in [-0.15, -0.1) is 0 Å². The summed E-state index contributed by atoms with van der Waals surface area (Å²) in [5.74, 6) is 1.86. The fourth-order valence-electron chi connectivity index (χ4n) is 2.13. The molecule has 7 heteroatoms. The van der Waals surface area contributed by atoms with E-state index in [2.05, 4.69) is 31.2 Å². The van der Waals surface area contributed by atoms with Crippen LogP contribution in [0.15, 0.2) is 41.0 Å². The number of ether oxygens (including phenoxy) is 2. The molecule has 6 nitrogen and oxygen atoms in total. The number of hydrogen-bond donors (Lipinski definition) is 2. The second-order valence-corrected chi connectivity index (χ2v) is 5.61. The van der Waals surface area contributed by atoms with Crippen molar-refractivity contribution >= 4 is 38.5 Å². The molecule has 3 aromatic rings. The van der Waals surface area contributed by atoms with Gasteiger partial charge >= 0.3 is 0 Å². The van der Waals surface area contributed by atoms with Crippen LogP contribution in [-0.2, 0) is 0 Å². The summed E-state index contributed by atoms with van der Waals surface area (Å²) in [4.78, 5) is 8.76. The molecule has 0 amide bonds. The van der Waals surface area contributed by atoms with Crippen molar-refractivity contribution in [3.05, 3.63) is 41.0 Å². The van der Waals surface area contributed by atoms with Crippen LogP contribution in [-0.4, -0.2) is 29.3 Å². The Morgan fingerprint density at radius 1 is 1.09 bits per heavy atom. The molecule has 0 atom stereocenters. The minimum atomic E-state index is 0.173. The molecule has 0 saturated heterocycles. The molecular weight excluding hydrogens is 362 g/mol. The third-order valence-electron chi connectivity index (χ3n) is 3.29.